The Bertz CT molecular complexity index is 930. The fraction of sp³-hybridized carbons (Fsp3) is 0.643. The van der Waals surface area contributed by atoms with Gasteiger partial charge in [-0.3, -0.25) is 19.7 Å². The molecule has 1 aliphatic rings. The van der Waals surface area contributed by atoms with Crippen LogP contribution in [0.4, 0.5) is 0 Å². The molecule has 38 heavy (non-hydrogen) atoms. The first-order valence-corrected chi connectivity index (χ1v) is 15.0. The van der Waals surface area contributed by atoms with E-state index in [1.54, 1.807) is 23.1 Å². The van der Waals surface area contributed by atoms with E-state index in [2.05, 4.69) is 33.5 Å². The highest BCUT2D eigenvalue weighted by Crippen LogP contribution is 2.23. The molecule has 0 spiro atoms. The highest BCUT2D eigenvalue weighted by molar-refractivity contribution is 9.10. The fourth-order valence-corrected chi connectivity index (χ4v) is 5.02. The quantitative estimate of drug-likeness (QED) is 0.144. The lowest BCUT2D eigenvalue weighted by atomic mass is 10.1. The number of halogens is 1. The van der Waals surface area contributed by atoms with Crippen LogP contribution in [-0.4, -0.2) is 60.1 Å². The van der Waals surface area contributed by atoms with Gasteiger partial charge in [0, 0.05) is 17.6 Å². The van der Waals surface area contributed by atoms with Crippen molar-refractivity contribution in [3.05, 3.63) is 28.2 Å². The molecule has 2 N–H and O–H groups in total. The Labute approximate surface area is 240 Å². The number of unbranched alkanes of at least 4 members (excludes halogenated alkanes) is 9. The van der Waals surface area contributed by atoms with E-state index in [1.165, 1.54) is 44.9 Å². The summed E-state index contributed by atoms with van der Waals surface area (Å²) in [4.78, 5) is 39.6. The van der Waals surface area contributed by atoms with Gasteiger partial charge in [-0.05, 0) is 43.8 Å². The molecule has 1 unspecified atom stereocenters. The van der Waals surface area contributed by atoms with Crippen LogP contribution < -0.4 is 15.4 Å². The number of piperazine rings is 1. The van der Waals surface area contributed by atoms with E-state index in [0.717, 1.165) is 23.7 Å². The molecule has 1 heterocycles. The summed E-state index contributed by atoms with van der Waals surface area (Å²) in [5, 5.41) is 5.54. The predicted molar refractivity (Wildman–Crippen MR) is 156 cm³/mol. The number of amides is 2. The van der Waals surface area contributed by atoms with Gasteiger partial charge in [-0.1, -0.05) is 80.6 Å². The molecule has 1 atom stereocenters. The number of nitrogens with zero attached hydrogens (tertiary/aromatic N) is 1. The third kappa shape index (κ3) is 11.3. The summed E-state index contributed by atoms with van der Waals surface area (Å²) < 4.78 is 11.7. The van der Waals surface area contributed by atoms with Crippen LogP contribution in [0.5, 0.6) is 5.75 Å². The molecule has 1 fully saturated rings. The minimum Gasteiger partial charge on any atom is -0.493 e. The van der Waals surface area contributed by atoms with E-state index in [1.807, 2.05) is 6.92 Å². The molecular weight excluding hydrogens is 570 g/mol. The predicted octanol–water partition coefficient (Wildman–Crippen LogP) is 5.52. The lowest BCUT2D eigenvalue weighted by molar-refractivity contribution is -0.147. The van der Waals surface area contributed by atoms with Gasteiger partial charge >= 0.3 is 5.97 Å². The molecule has 10 heteroatoms. The van der Waals surface area contributed by atoms with Crippen LogP contribution in [0.15, 0.2) is 22.7 Å². The number of rotatable bonds is 16. The van der Waals surface area contributed by atoms with Crippen molar-refractivity contribution in [2.75, 3.05) is 26.3 Å². The molecule has 0 radical (unpaired) electrons. The maximum absolute atomic E-state index is 13.0. The molecule has 2 amide bonds. The van der Waals surface area contributed by atoms with Gasteiger partial charge in [0.05, 0.1) is 25.2 Å². The third-order valence-electron chi connectivity index (χ3n) is 6.42. The molecule has 0 aromatic heterocycles. The van der Waals surface area contributed by atoms with Gasteiger partial charge in [0.1, 0.15) is 11.8 Å². The van der Waals surface area contributed by atoms with Crippen molar-refractivity contribution in [2.24, 2.45) is 0 Å². The second-order valence-corrected chi connectivity index (χ2v) is 10.7. The fourth-order valence-electron chi connectivity index (χ4n) is 4.35. The highest BCUT2D eigenvalue weighted by atomic mass is 79.9. The first-order valence-electron chi connectivity index (χ1n) is 13.8. The van der Waals surface area contributed by atoms with E-state index >= 15 is 0 Å². The molecule has 1 aliphatic heterocycles. The van der Waals surface area contributed by atoms with Gasteiger partial charge in [0.25, 0.3) is 5.91 Å². The van der Waals surface area contributed by atoms with Crippen LogP contribution in [0.3, 0.4) is 0 Å². The largest absolute Gasteiger partial charge is 0.493 e. The second kappa shape index (κ2) is 18.2. The van der Waals surface area contributed by atoms with Crippen LogP contribution in [-0.2, 0) is 14.3 Å². The molecular formula is C28H42BrN3O5S. The number of hydrogen-bond acceptors (Lipinski definition) is 6. The summed E-state index contributed by atoms with van der Waals surface area (Å²) in [5.41, 5.74) is 0.317. The Morgan fingerprint density at radius 1 is 1.08 bits per heavy atom. The Morgan fingerprint density at radius 3 is 2.39 bits per heavy atom. The molecule has 1 saturated heterocycles. The number of esters is 1. The molecule has 0 bridgehead atoms. The number of carbonyl (C=O) groups excluding carboxylic acids is 3. The van der Waals surface area contributed by atoms with Crippen molar-refractivity contribution >= 4 is 51.0 Å². The molecule has 1 aromatic rings. The topological polar surface area (TPSA) is 97.0 Å². The van der Waals surface area contributed by atoms with E-state index in [0.29, 0.717) is 37.6 Å². The van der Waals surface area contributed by atoms with Crippen molar-refractivity contribution in [2.45, 2.75) is 90.5 Å². The van der Waals surface area contributed by atoms with Crippen LogP contribution in [0.2, 0.25) is 0 Å². The minimum absolute atomic E-state index is 0.0831. The van der Waals surface area contributed by atoms with E-state index in [-0.39, 0.29) is 17.4 Å². The third-order valence-corrected chi connectivity index (χ3v) is 7.25. The summed E-state index contributed by atoms with van der Waals surface area (Å²) in [6.45, 7) is 5.54. The standard InChI is InChI=1S/C28H42BrN3O5S/c1-3-5-6-7-8-9-10-11-12-13-18-37-25(33)20-23-27(35)30-16-17-32(23)28(38)31-26(34)22-19-21(29)14-15-24(22)36-4-2/h14-15,19,23H,3-13,16-18,20H2,1-2H3,(H,30,35)(H,31,34,38). The van der Waals surface area contributed by atoms with Gasteiger partial charge in [-0.2, -0.15) is 0 Å². The molecule has 0 saturated carbocycles. The van der Waals surface area contributed by atoms with Crippen molar-refractivity contribution in [3.8, 4) is 5.75 Å². The number of thiocarbonyl (C=S) groups is 1. The van der Waals surface area contributed by atoms with Gasteiger partial charge < -0.3 is 19.7 Å². The monoisotopic (exact) mass is 611 g/mol. The Morgan fingerprint density at radius 2 is 1.74 bits per heavy atom. The Balaban J connectivity index is 1.79. The smallest absolute Gasteiger partial charge is 0.308 e. The molecule has 212 valence electrons. The van der Waals surface area contributed by atoms with Gasteiger partial charge in [0.15, 0.2) is 5.11 Å². The van der Waals surface area contributed by atoms with Crippen molar-refractivity contribution in [1.82, 2.24) is 15.5 Å². The first-order chi connectivity index (χ1) is 18.4. The van der Waals surface area contributed by atoms with Crippen LogP contribution in [0, 0.1) is 0 Å². The van der Waals surface area contributed by atoms with Crippen LogP contribution in [0.1, 0.15) is 94.8 Å². The SMILES string of the molecule is CCCCCCCCCCCCOC(=O)CC1C(=O)NCCN1C(=S)NC(=O)c1cc(Br)ccc1OCC. The Kier molecular flexibility index (Phi) is 15.3. The normalized spacial score (nSPS) is 15.1. The first kappa shape index (κ1) is 32.0. The zero-order valence-corrected chi connectivity index (χ0v) is 25.1. The highest BCUT2D eigenvalue weighted by Gasteiger charge is 2.34. The summed E-state index contributed by atoms with van der Waals surface area (Å²) >= 11 is 8.84. The summed E-state index contributed by atoms with van der Waals surface area (Å²) in [7, 11) is 0. The van der Waals surface area contributed by atoms with Crippen molar-refractivity contribution in [3.63, 3.8) is 0 Å². The average molecular weight is 613 g/mol. The van der Waals surface area contributed by atoms with Crippen LogP contribution in [0.25, 0.3) is 0 Å². The number of benzene rings is 1. The van der Waals surface area contributed by atoms with Gasteiger partial charge in [-0.25, -0.2) is 0 Å². The van der Waals surface area contributed by atoms with Gasteiger partial charge in [0.2, 0.25) is 5.91 Å². The number of hydrogen-bond donors (Lipinski definition) is 2. The lowest BCUT2D eigenvalue weighted by Crippen LogP contribution is -2.60. The van der Waals surface area contributed by atoms with Crippen LogP contribution >= 0.6 is 28.1 Å². The lowest BCUT2D eigenvalue weighted by Gasteiger charge is -2.36. The number of ether oxygens (including phenoxy) is 2. The van der Waals surface area contributed by atoms with Crippen molar-refractivity contribution < 1.29 is 23.9 Å². The summed E-state index contributed by atoms with van der Waals surface area (Å²) in [5.74, 6) is -0.790. The van der Waals surface area contributed by atoms with E-state index in [9.17, 15) is 14.4 Å². The maximum Gasteiger partial charge on any atom is 0.308 e. The molecule has 1 aromatic carbocycles. The summed E-state index contributed by atoms with van der Waals surface area (Å²) in [6.07, 6.45) is 11.9. The van der Waals surface area contributed by atoms with E-state index in [4.69, 9.17) is 21.7 Å². The number of carbonyl (C=O) groups is 3. The van der Waals surface area contributed by atoms with Crippen molar-refractivity contribution in [1.29, 1.82) is 0 Å². The van der Waals surface area contributed by atoms with Gasteiger partial charge in [-0.15, -0.1) is 0 Å². The average Bonchev–Trinajstić information content (AvgIpc) is 2.89. The second-order valence-electron chi connectivity index (χ2n) is 9.44. The molecule has 2 rings (SSSR count). The maximum atomic E-state index is 13.0. The van der Waals surface area contributed by atoms with E-state index < -0.39 is 17.9 Å². The molecule has 0 aliphatic carbocycles. The Hall–Kier alpha value is -2.20. The summed E-state index contributed by atoms with van der Waals surface area (Å²) in [6, 6.07) is 4.29. The zero-order valence-electron chi connectivity index (χ0n) is 22.7. The zero-order chi connectivity index (χ0) is 27.8. The molecule has 8 nitrogen and oxygen atoms in total. The minimum atomic E-state index is -0.842. The number of nitrogens with one attached hydrogen (secondary N) is 2.